The molecule has 0 aromatic heterocycles. The molecule has 2 fully saturated rings. The molecule has 2 aliphatic rings. The van der Waals surface area contributed by atoms with Crippen LogP contribution in [0.2, 0.25) is 0 Å². The maximum absolute atomic E-state index is 13.4. The molecule has 70 heavy (non-hydrogen) atoms. The van der Waals surface area contributed by atoms with Gasteiger partial charge in [0.2, 0.25) is 0 Å². The van der Waals surface area contributed by atoms with Crippen molar-refractivity contribution in [3.8, 4) is 0 Å². The van der Waals surface area contributed by atoms with Crippen molar-refractivity contribution in [1.82, 2.24) is 0 Å². The maximum Gasteiger partial charge on any atom is 0.472 e. The van der Waals surface area contributed by atoms with Gasteiger partial charge in [0.05, 0.1) is 13.2 Å². The highest BCUT2D eigenvalue weighted by atomic mass is 31.2. The molecule has 1 heterocycles. The Bertz CT molecular complexity index is 1540. The highest BCUT2D eigenvalue weighted by molar-refractivity contribution is 7.47. The predicted octanol–water partition coefficient (Wildman–Crippen LogP) is 6.21. The second-order valence-corrected chi connectivity index (χ2v) is 19.9. The number of allylic oxidation sites excluding steroid dienone is 6. The summed E-state index contributed by atoms with van der Waals surface area (Å²) in [6.45, 7) is 2.01. The van der Waals surface area contributed by atoms with Crippen LogP contribution in [0.3, 0.4) is 0 Å². The number of unbranched alkanes of at least 4 members (excludes halogenated alkanes) is 22. The van der Waals surface area contributed by atoms with Crippen molar-refractivity contribution in [3.63, 3.8) is 0 Å². The summed E-state index contributed by atoms with van der Waals surface area (Å²) >= 11 is 0. The number of carbonyl (C=O) groups excluding carboxylic acids is 2. The number of ether oxygens (including phenoxy) is 4. The van der Waals surface area contributed by atoms with Gasteiger partial charge in [-0.3, -0.25) is 9.05 Å². The van der Waals surface area contributed by atoms with Gasteiger partial charge in [-0.25, -0.2) is 14.2 Å². The lowest BCUT2D eigenvalue weighted by molar-refractivity contribution is -0.338. The molecule has 1 saturated carbocycles. The van der Waals surface area contributed by atoms with Gasteiger partial charge in [0.1, 0.15) is 67.6 Å². The van der Waals surface area contributed by atoms with E-state index in [1.54, 1.807) is 12.2 Å². The molecule has 0 spiro atoms. The summed E-state index contributed by atoms with van der Waals surface area (Å²) in [6, 6.07) is 0. The number of hydrogen-bond acceptors (Lipinski definition) is 17. The Balaban J connectivity index is 2.00. The number of phosphoric ester groups is 1. The third-order valence-electron chi connectivity index (χ3n) is 12.5. The van der Waals surface area contributed by atoms with E-state index in [-0.39, 0.29) is 0 Å². The van der Waals surface area contributed by atoms with E-state index < -0.39 is 113 Å². The number of aliphatic hydroxyl groups is 8. The van der Waals surface area contributed by atoms with Gasteiger partial charge in [0.15, 0.2) is 12.4 Å². The summed E-state index contributed by atoms with van der Waals surface area (Å²) in [5, 5.41) is 82.9. The molecule has 18 nitrogen and oxygen atoms in total. The largest absolute Gasteiger partial charge is 0.472 e. The van der Waals surface area contributed by atoms with Gasteiger partial charge in [-0.1, -0.05) is 179 Å². The normalized spacial score (nSPS) is 27.7. The van der Waals surface area contributed by atoms with E-state index in [0.717, 1.165) is 50.7 Å². The van der Waals surface area contributed by atoms with Crippen LogP contribution in [0.5, 0.6) is 0 Å². The Labute approximate surface area is 416 Å². The molecule has 0 amide bonds. The molecule has 1 aliphatic heterocycles. The van der Waals surface area contributed by atoms with Crippen LogP contribution >= 0.6 is 7.82 Å². The lowest BCUT2D eigenvalue weighted by atomic mass is 9.84. The SMILES string of the molecule is CCCCCCCCCCCCCC=CC=CC(=O)OCC(COP(=O)(O)OC1C(O)C(O)C(O)C(O)C1OC1OC(CO)C(O)C(O)C1O)OC(=O)C=CC=CCCCCCCCCCCCCC. The first-order chi connectivity index (χ1) is 33.7. The third-order valence-corrected chi connectivity index (χ3v) is 13.5. The van der Waals surface area contributed by atoms with Crippen molar-refractivity contribution in [3.05, 3.63) is 48.6 Å². The topological polar surface area (TPSA) is 289 Å². The third kappa shape index (κ3) is 26.5. The van der Waals surface area contributed by atoms with Gasteiger partial charge < -0.3 is 64.7 Å². The molecule has 0 radical (unpaired) electrons. The summed E-state index contributed by atoms with van der Waals surface area (Å²) in [5.41, 5.74) is 0. The van der Waals surface area contributed by atoms with Gasteiger partial charge in [0, 0.05) is 12.2 Å². The van der Waals surface area contributed by atoms with Crippen LogP contribution in [0, 0.1) is 0 Å². The summed E-state index contributed by atoms with van der Waals surface area (Å²) in [4.78, 5) is 36.3. The lowest BCUT2D eigenvalue weighted by Crippen LogP contribution is -2.67. The first-order valence-electron chi connectivity index (χ1n) is 26.0. The molecule has 0 aromatic rings. The van der Waals surface area contributed by atoms with Gasteiger partial charge >= 0.3 is 19.8 Å². The van der Waals surface area contributed by atoms with Crippen molar-refractivity contribution < 1.29 is 87.9 Å². The fourth-order valence-corrected chi connectivity index (χ4v) is 9.14. The summed E-state index contributed by atoms with van der Waals surface area (Å²) in [6.07, 6.45) is 17.5. The van der Waals surface area contributed by atoms with E-state index in [1.807, 2.05) is 12.2 Å². The molecule has 13 unspecified atom stereocenters. The van der Waals surface area contributed by atoms with E-state index in [0.29, 0.717) is 0 Å². The minimum absolute atomic E-state index is 0.640. The summed E-state index contributed by atoms with van der Waals surface area (Å²) in [5.74, 6) is -1.72. The highest BCUT2D eigenvalue weighted by Crippen LogP contribution is 2.48. The van der Waals surface area contributed by atoms with Crippen LogP contribution in [0.1, 0.15) is 168 Å². The van der Waals surface area contributed by atoms with Crippen LogP contribution in [0.25, 0.3) is 0 Å². The van der Waals surface area contributed by atoms with Crippen LogP contribution in [-0.4, -0.2) is 151 Å². The van der Waals surface area contributed by atoms with Gasteiger partial charge in [-0.05, 0) is 25.7 Å². The van der Waals surface area contributed by atoms with Crippen LogP contribution < -0.4 is 0 Å². The molecule has 1 aliphatic carbocycles. The number of rotatable bonds is 39. The lowest BCUT2D eigenvalue weighted by Gasteiger charge is -2.47. The Kier molecular flexibility index (Phi) is 34.8. The van der Waals surface area contributed by atoms with Gasteiger partial charge in [-0.2, -0.15) is 0 Å². The average Bonchev–Trinajstić information content (AvgIpc) is 3.34. The Morgan fingerprint density at radius 2 is 0.971 bits per heavy atom. The molecule has 2 rings (SSSR count). The predicted molar refractivity (Wildman–Crippen MR) is 263 cm³/mol. The number of esters is 2. The van der Waals surface area contributed by atoms with Crippen molar-refractivity contribution in [2.45, 2.75) is 241 Å². The monoisotopic (exact) mass is 1020 g/mol. The molecular weight excluding hydrogens is 932 g/mol. The Morgan fingerprint density at radius 1 is 0.543 bits per heavy atom. The van der Waals surface area contributed by atoms with Crippen molar-refractivity contribution in [2.75, 3.05) is 19.8 Å². The fourth-order valence-electron chi connectivity index (χ4n) is 8.17. The van der Waals surface area contributed by atoms with E-state index in [1.165, 1.54) is 128 Å². The molecule has 406 valence electrons. The number of aliphatic hydroxyl groups excluding tert-OH is 8. The zero-order valence-electron chi connectivity index (χ0n) is 41.8. The minimum Gasteiger partial charge on any atom is -0.458 e. The molecule has 9 N–H and O–H groups in total. The minimum atomic E-state index is -5.42. The zero-order chi connectivity index (χ0) is 51.6. The first kappa shape index (κ1) is 63.7. The molecular formula is C51H89O18P. The van der Waals surface area contributed by atoms with Crippen molar-refractivity contribution >= 4 is 19.8 Å². The number of carbonyl (C=O) groups is 2. The Hall–Kier alpha value is -2.39. The fraction of sp³-hybridized carbons (Fsp3) is 0.804. The van der Waals surface area contributed by atoms with E-state index in [9.17, 15) is 59.9 Å². The van der Waals surface area contributed by atoms with E-state index >= 15 is 0 Å². The molecule has 13 atom stereocenters. The van der Waals surface area contributed by atoms with Crippen molar-refractivity contribution in [1.29, 1.82) is 0 Å². The van der Waals surface area contributed by atoms with E-state index in [4.69, 9.17) is 28.0 Å². The van der Waals surface area contributed by atoms with Gasteiger partial charge in [0.25, 0.3) is 0 Å². The molecule has 0 aromatic carbocycles. The average molecular weight is 1020 g/mol. The first-order valence-corrected chi connectivity index (χ1v) is 27.5. The second-order valence-electron chi connectivity index (χ2n) is 18.5. The number of phosphoric acid groups is 1. The summed E-state index contributed by atoms with van der Waals surface area (Å²) in [7, 11) is -5.42. The van der Waals surface area contributed by atoms with Gasteiger partial charge in [-0.15, -0.1) is 0 Å². The second kappa shape index (κ2) is 38.2. The van der Waals surface area contributed by atoms with Crippen LogP contribution in [0.15, 0.2) is 48.6 Å². The number of hydrogen-bond donors (Lipinski definition) is 9. The van der Waals surface area contributed by atoms with Crippen LogP contribution in [-0.2, 0) is 42.1 Å². The zero-order valence-corrected chi connectivity index (χ0v) is 42.7. The molecule has 19 heteroatoms. The summed E-state index contributed by atoms with van der Waals surface area (Å²) < 4.78 is 45.1. The highest BCUT2D eigenvalue weighted by Gasteiger charge is 2.55. The molecule has 1 saturated heterocycles. The van der Waals surface area contributed by atoms with Crippen molar-refractivity contribution in [2.24, 2.45) is 0 Å². The smallest absolute Gasteiger partial charge is 0.458 e. The standard InChI is InChI=1S/C51H89O18P/c1-3-5-7-9-11-13-15-17-19-21-23-25-27-29-31-33-40(53)64-36-38(66-41(54)34-32-30-28-26-24-22-20-18-16-14-12-10-8-6-4-2)37-65-70(62,63)69-50-47(60)45(58)44(57)46(59)49(50)68-51-48(61)43(56)42(55)39(35-52)67-51/h27-34,38-39,42-52,55-61H,3-26,35-37H2,1-2H3,(H,62,63). The quantitative estimate of drug-likeness (QED) is 0.0109. The van der Waals surface area contributed by atoms with E-state index in [2.05, 4.69) is 13.8 Å². The Morgan fingerprint density at radius 3 is 1.44 bits per heavy atom. The maximum atomic E-state index is 13.4. The van der Waals surface area contributed by atoms with Crippen LogP contribution in [0.4, 0.5) is 0 Å². The molecule has 0 bridgehead atoms.